The normalized spacial score (nSPS) is 26.1. The Bertz CT molecular complexity index is 408. The van der Waals surface area contributed by atoms with E-state index in [0.717, 1.165) is 44.0 Å². The van der Waals surface area contributed by atoms with Crippen LogP contribution in [0.3, 0.4) is 0 Å². The molecule has 1 aliphatic carbocycles. The van der Waals surface area contributed by atoms with Gasteiger partial charge in [0, 0.05) is 25.7 Å². The van der Waals surface area contributed by atoms with Crippen molar-refractivity contribution in [3.05, 3.63) is 18.3 Å². The average Bonchev–Trinajstić information content (AvgIpc) is 2.47. The van der Waals surface area contributed by atoms with Crippen LogP contribution in [0.1, 0.15) is 39.0 Å². The van der Waals surface area contributed by atoms with E-state index in [9.17, 15) is 0 Å². The Labute approximate surface area is 121 Å². The molecule has 0 radical (unpaired) electrons. The van der Waals surface area contributed by atoms with Crippen LogP contribution in [0.15, 0.2) is 18.3 Å². The fourth-order valence-electron chi connectivity index (χ4n) is 3.07. The number of anilines is 2. The Morgan fingerprint density at radius 1 is 1.25 bits per heavy atom. The number of rotatable bonds is 5. The molecule has 1 aromatic rings. The fraction of sp³-hybridized carbons (Fsp3) is 0.688. The molecular formula is C16H25N3O. The van der Waals surface area contributed by atoms with Crippen molar-refractivity contribution in [3.8, 4) is 0 Å². The van der Waals surface area contributed by atoms with E-state index >= 15 is 0 Å². The largest absolute Gasteiger partial charge is 0.381 e. The van der Waals surface area contributed by atoms with Gasteiger partial charge in [-0.15, -0.1) is 0 Å². The van der Waals surface area contributed by atoms with Gasteiger partial charge in [0.1, 0.15) is 5.82 Å². The Morgan fingerprint density at radius 3 is 2.70 bits per heavy atom. The minimum atomic E-state index is 0.457. The van der Waals surface area contributed by atoms with Gasteiger partial charge in [-0.2, -0.15) is 0 Å². The van der Waals surface area contributed by atoms with Crippen molar-refractivity contribution >= 4 is 11.5 Å². The van der Waals surface area contributed by atoms with Gasteiger partial charge in [-0.25, -0.2) is 4.98 Å². The molecule has 0 bridgehead atoms. The number of pyridine rings is 1. The molecule has 4 nitrogen and oxygen atoms in total. The van der Waals surface area contributed by atoms with Gasteiger partial charge < -0.3 is 15.0 Å². The number of hydrogen-bond acceptors (Lipinski definition) is 4. The first-order valence-electron chi connectivity index (χ1n) is 7.94. The second kappa shape index (κ2) is 6.44. The summed E-state index contributed by atoms with van der Waals surface area (Å²) in [6, 6.07) is 4.85. The van der Waals surface area contributed by atoms with Gasteiger partial charge >= 0.3 is 0 Å². The first-order chi connectivity index (χ1) is 9.85. The zero-order valence-electron chi connectivity index (χ0n) is 12.3. The molecular weight excluding hydrogens is 250 g/mol. The molecule has 1 N–H and O–H groups in total. The van der Waals surface area contributed by atoms with Gasteiger partial charge in [-0.05, 0) is 51.2 Å². The van der Waals surface area contributed by atoms with E-state index in [1.807, 2.05) is 6.20 Å². The Morgan fingerprint density at radius 2 is 2.05 bits per heavy atom. The second-order valence-electron chi connectivity index (χ2n) is 5.84. The van der Waals surface area contributed by atoms with Crippen molar-refractivity contribution in [2.24, 2.45) is 0 Å². The molecule has 0 amide bonds. The molecule has 2 heterocycles. The van der Waals surface area contributed by atoms with Gasteiger partial charge in [-0.1, -0.05) is 0 Å². The SMILES string of the molecule is CCOC1CC(Nc2ccc(N3CCCCC3)nc2)C1. The molecule has 0 unspecified atom stereocenters. The van der Waals surface area contributed by atoms with Crippen LogP contribution in [-0.4, -0.2) is 36.8 Å². The molecule has 1 aromatic heterocycles. The lowest BCUT2D eigenvalue weighted by Gasteiger charge is -2.36. The van der Waals surface area contributed by atoms with Crippen LogP contribution in [0.5, 0.6) is 0 Å². The number of nitrogens with zero attached hydrogens (tertiary/aromatic N) is 2. The zero-order valence-corrected chi connectivity index (χ0v) is 12.3. The van der Waals surface area contributed by atoms with E-state index in [-0.39, 0.29) is 0 Å². The van der Waals surface area contributed by atoms with E-state index in [1.54, 1.807) is 0 Å². The third kappa shape index (κ3) is 3.23. The number of ether oxygens (including phenoxy) is 1. The van der Waals surface area contributed by atoms with Crippen molar-refractivity contribution in [1.82, 2.24) is 4.98 Å². The molecule has 3 rings (SSSR count). The maximum Gasteiger partial charge on any atom is 0.128 e. The Kier molecular flexibility index (Phi) is 4.41. The van der Waals surface area contributed by atoms with Crippen molar-refractivity contribution in [2.45, 2.75) is 51.2 Å². The molecule has 2 fully saturated rings. The lowest BCUT2D eigenvalue weighted by Crippen LogP contribution is -2.40. The molecule has 1 aliphatic heterocycles. The van der Waals surface area contributed by atoms with E-state index in [2.05, 4.69) is 34.3 Å². The summed E-state index contributed by atoms with van der Waals surface area (Å²) in [5.41, 5.74) is 1.13. The monoisotopic (exact) mass is 275 g/mol. The van der Waals surface area contributed by atoms with Crippen molar-refractivity contribution < 1.29 is 4.74 Å². The van der Waals surface area contributed by atoms with Gasteiger partial charge in [0.25, 0.3) is 0 Å². The predicted octanol–water partition coefficient (Wildman–Crippen LogP) is 3.05. The summed E-state index contributed by atoms with van der Waals surface area (Å²) < 4.78 is 5.58. The van der Waals surface area contributed by atoms with E-state index in [4.69, 9.17) is 4.74 Å². The summed E-state index contributed by atoms with van der Waals surface area (Å²) in [4.78, 5) is 6.99. The second-order valence-corrected chi connectivity index (χ2v) is 5.84. The molecule has 20 heavy (non-hydrogen) atoms. The molecule has 1 saturated heterocycles. The highest BCUT2D eigenvalue weighted by atomic mass is 16.5. The summed E-state index contributed by atoms with van der Waals surface area (Å²) in [5.74, 6) is 1.12. The average molecular weight is 275 g/mol. The van der Waals surface area contributed by atoms with Gasteiger partial charge in [0.05, 0.1) is 18.0 Å². The topological polar surface area (TPSA) is 37.4 Å². The standard InChI is InChI=1S/C16H25N3O/c1-2-20-15-10-14(11-15)18-13-6-7-16(17-12-13)19-8-4-3-5-9-19/h6-7,12,14-15,18H,2-5,8-11H2,1H3. The molecule has 0 spiro atoms. The van der Waals surface area contributed by atoms with Crippen molar-refractivity contribution in [1.29, 1.82) is 0 Å². The van der Waals surface area contributed by atoms with Crippen molar-refractivity contribution in [3.63, 3.8) is 0 Å². The minimum Gasteiger partial charge on any atom is -0.381 e. The first kappa shape index (κ1) is 13.7. The molecule has 1 saturated carbocycles. The third-order valence-corrected chi connectivity index (χ3v) is 4.30. The summed E-state index contributed by atoms with van der Waals surface area (Å²) in [7, 11) is 0. The van der Waals surface area contributed by atoms with Crippen LogP contribution in [0.25, 0.3) is 0 Å². The fourth-order valence-corrected chi connectivity index (χ4v) is 3.07. The van der Waals surface area contributed by atoms with Crippen LogP contribution in [0.2, 0.25) is 0 Å². The predicted molar refractivity (Wildman–Crippen MR) is 82.4 cm³/mol. The van der Waals surface area contributed by atoms with Gasteiger partial charge in [0.15, 0.2) is 0 Å². The van der Waals surface area contributed by atoms with Crippen LogP contribution in [0.4, 0.5) is 11.5 Å². The van der Waals surface area contributed by atoms with E-state index in [0.29, 0.717) is 12.1 Å². The number of aromatic nitrogens is 1. The van der Waals surface area contributed by atoms with E-state index in [1.165, 1.54) is 19.3 Å². The Balaban J connectivity index is 1.49. The van der Waals surface area contributed by atoms with Crippen LogP contribution in [-0.2, 0) is 4.74 Å². The first-order valence-corrected chi connectivity index (χ1v) is 7.94. The summed E-state index contributed by atoms with van der Waals surface area (Å²) in [6.07, 6.45) is 8.60. The van der Waals surface area contributed by atoms with Gasteiger partial charge in [-0.3, -0.25) is 0 Å². The quantitative estimate of drug-likeness (QED) is 0.896. The summed E-state index contributed by atoms with van der Waals surface area (Å²) in [5, 5.41) is 3.54. The lowest BCUT2D eigenvalue weighted by molar-refractivity contribution is 0.00299. The minimum absolute atomic E-state index is 0.457. The van der Waals surface area contributed by atoms with Crippen molar-refractivity contribution in [2.75, 3.05) is 29.9 Å². The molecule has 0 atom stereocenters. The highest BCUT2D eigenvalue weighted by molar-refractivity contribution is 5.49. The highest BCUT2D eigenvalue weighted by Gasteiger charge is 2.29. The van der Waals surface area contributed by atoms with E-state index < -0.39 is 0 Å². The van der Waals surface area contributed by atoms with Crippen LogP contribution in [0, 0.1) is 0 Å². The maximum atomic E-state index is 5.58. The number of piperidine rings is 1. The Hall–Kier alpha value is -1.29. The van der Waals surface area contributed by atoms with Gasteiger partial charge in [0.2, 0.25) is 0 Å². The third-order valence-electron chi connectivity index (χ3n) is 4.30. The maximum absolute atomic E-state index is 5.58. The van der Waals surface area contributed by atoms with Crippen LogP contribution >= 0.6 is 0 Å². The number of hydrogen-bond donors (Lipinski definition) is 1. The number of nitrogens with one attached hydrogen (secondary N) is 1. The summed E-state index contributed by atoms with van der Waals surface area (Å²) in [6.45, 7) is 5.18. The summed E-state index contributed by atoms with van der Waals surface area (Å²) >= 11 is 0. The molecule has 110 valence electrons. The zero-order chi connectivity index (χ0) is 13.8. The van der Waals surface area contributed by atoms with Crippen LogP contribution < -0.4 is 10.2 Å². The molecule has 2 aliphatic rings. The highest BCUT2D eigenvalue weighted by Crippen LogP contribution is 2.27. The molecule has 0 aromatic carbocycles. The lowest BCUT2D eigenvalue weighted by atomic mass is 9.89. The molecule has 4 heteroatoms. The smallest absolute Gasteiger partial charge is 0.128 e.